The first-order valence-electron chi connectivity index (χ1n) is 9.82. The average molecular weight is 382 g/mol. The smallest absolute Gasteiger partial charge is 0.244 e. The Morgan fingerprint density at radius 3 is 2.62 bits per heavy atom. The monoisotopic (exact) mass is 382 g/mol. The molecular formula is C24H22N4O. The average Bonchev–Trinajstić information content (AvgIpc) is 3.32. The van der Waals surface area contributed by atoms with E-state index in [1.807, 2.05) is 41.0 Å². The fourth-order valence-electron chi connectivity index (χ4n) is 3.99. The molecule has 0 saturated heterocycles. The van der Waals surface area contributed by atoms with Crippen molar-refractivity contribution in [2.24, 2.45) is 0 Å². The number of imidazole rings is 1. The first-order valence-corrected chi connectivity index (χ1v) is 9.82. The second-order valence-corrected chi connectivity index (χ2v) is 7.52. The van der Waals surface area contributed by atoms with Crippen molar-refractivity contribution in [2.45, 2.75) is 26.2 Å². The summed E-state index contributed by atoms with van der Waals surface area (Å²) in [5, 5.41) is 3.03. The largest absolute Gasteiger partial charge is 0.325 e. The van der Waals surface area contributed by atoms with Gasteiger partial charge in [-0.2, -0.15) is 0 Å². The van der Waals surface area contributed by atoms with Gasteiger partial charge in [0.15, 0.2) is 0 Å². The van der Waals surface area contributed by atoms with Crippen molar-refractivity contribution in [3.63, 3.8) is 0 Å². The molecule has 1 aromatic heterocycles. The van der Waals surface area contributed by atoms with Crippen molar-refractivity contribution in [1.82, 2.24) is 14.5 Å². The number of hydrogen-bond donors (Lipinski definition) is 1. The van der Waals surface area contributed by atoms with Crippen molar-refractivity contribution in [1.29, 1.82) is 0 Å². The zero-order chi connectivity index (χ0) is 19.6. The summed E-state index contributed by atoms with van der Waals surface area (Å²) in [5.41, 5.74) is 6.65. The normalized spacial score (nSPS) is 13.5. The number of nitrogens with zero attached hydrogens (tertiary/aromatic N) is 3. The van der Waals surface area contributed by atoms with Gasteiger partial charge in [-0.1, -0.05) is 48.5 Å². The van der Waals surface area contributed by atoms with E-state index in [-0.39, 0.29) is 12.5 Å². The third-order valence-corrected chi connectivity index (χ3v) is 5.37. The van der Waals surface area contributed by atoms with E-state index in [0.29, 0.717) is 0 Å². The molecule has 0 atom stereocenters. The fourth-order valence-corrected chi connectivity index (χ4v) is 3.99. The number of amides is 1. The number of nitrogens with one attached hydrogen (secondary N) is 1. The Labute approximate surface area is 169 Å². The molecule has 5 rings (SSSR count). The molecule has 3 aromatic carbocycles. The van der Waals surface area contributed by atoms with Gasteiger partial charge in [0.2, 0.25) is 5.91 Å². The molecule has 0 saturated carbocycles. The maximum atomic E-state index is 12.6. The highest BCUT2D eigenvalue weighted by molar-refractivity contribution is 5.91. The Balaban J connectivity index is 1.24. The van der Waals surface area contributed by atoms with E-state index in [2.05, 4.69) is 51.6 Å². The highest BCUT2D eigenvalue weighted by Crippen LogP contribution is 2.27. The lowest BCUT2D eigenvalue weighted by Crippen LogP contribution is -2.18. The summed E-state index contributed by atoms with van der Waals surface area (Å²) in [6.45, 7) is 3.03. The highest BCUT2D eigenvalue weighted by atomic mass is 16.1. The molecule has 0 unspecified atom stereocenters. The first-order chi connectivity index (χ1) is 14.2. The lowest BCUT2D eigenvalue weighted by molar-refractivity contribution is -0.116. The molecule has 5 heteroatoms. The number of benzene rings is 3. The molecule has 1 N–H and O–H groups in total. The third kappa shape index (κ3) is 3.77. The van der Waals surface area contributed by atoms with Crippen LogP contribution < -0.4 is 5.32 Å². The predicted octanol–water partition coefficient (Wildman–Crippen LogP) is 4.19. The lowest BCUT2D eigenvalue weighted by atomic mass is 10.1. The van der Waals surface area contributed by atoms with Gasteiger partial charge < -0.3 is 9.88 Å². The molecule has 1 aliphatic rings. The Hall–Kier alpha value is -3.44. The van der Waals surface area contributed by atoms with E-state index in [1.54, 1.807) is 6.33 Å². The van der Waals surface area contributed by atoms with E-state index >= 15 is 0 Å². The SMILES string of the molecule is O=C(Cn1cnc2ccccc21)Nc1ccc2c(c1)CN(Cc1ccccc1)C2. The van der Waals surface area contributed by atoms with Gasteiger partial charge in [0.25, 0.3) is 0 Å². The van der Waals surface area contributed by atoms with Gasteiger partial charge in [-0.15, -0.1) is 0 Å². The van der Waals surface area contributed by atoms with Crippen molar-refractivity contribution >= 4 is 22.6 Å². The number of hydrogen-bond acceptors (Lipinski definition) is 3. The Bertz CT molecular complexity index is 1170. The van der Waals surface area contributed by atoms with Crippen LogP contribution in [-0.4, -0.2) is 20.4 Å². The van der Waals surface area contributed by atoms with Crippen LogP contribution in [0.5, 0.6) is 0 Å². The van der Waals surface area contributed by atoms with E-state index in [9.17, 15) is 4.79 Å². The summed E-state index contributed by atoms with van der Waals surface area (Å²) in [4.78, 5) is 19.3. The van der Waals surface area contributed by atoms with Crippen LogP contribution in [0, 0.1) is 0 Å². The van der Waals surface area contributed by atoms with Crippen LogP contribution in [0.15, 0.2) is 79.1 Å². The molecule has 4 aromatic rings. The minimum atomic E-state index is -0.0489. The van der Waals surface area contributed by atoms with Gasteiger partial charge in [0.05, 0.1) is 17.4 Å². The number of aromatic nitrogens is 2. The molecule has 0 spiro atoms. The maximum absolute atomic E-state index is 12.6. The molecule has 1 amide bonds. The summed E-state index contributed by atoms with van der Waals surface area (Å²) in [6.07, 6.45) is 1.72. The second-order valence-electron chi connectivity index (χ2n) is 7.52. The molecule has 0 radical (unpaired) electrons. The van der Waals surface area contributed by atoms with Crippen LogP contribution in [0.2, 0.25) is 0 Å². The topological polar surface area (TPSA) is 50.2 Å². The van der Waals surface area contributed by atoms with E-state index in [4.69, 9.17) is 0 Å². The minimum Gasteiger partial charge on any atom is -0.325 e. The van der Waals surface area contributed by atoms with E-state index < -0.39 is 0 Å². The zero-order valence-electron chi connectivity index (χ0n) is 16.1. The molecular weight excluding hydrogens is 360 g/mol. The van der Waals surface area contributed by atoms with Crippen LogP contribution in [0.4, 0.5) is 5.69 Å². The van der Waals surface area contributed by atoms with E-state index in [0.717, 1.165) is 36.4 Å². The van der Waals surface area contributed by atoms with E-state index in [1.165, 1.54) is 16.7 Å². The first kappa shape index (κ1) is 17.6. The molecule has 1 aliphatic heterocycles. The number of para-hydroxylation sites is 2. The fraction of sp³-hybridized carbons (Fsp3) is 0.167. The zero-order valence-corrected chi connectivity index (χ0v) is 16.1. The Morgan fingerprint density at radius 2 is 1.72 bits per heavy atom. The van der Waals surface area contributed by atoms with Crippen LogP contribution in [0.25, 0.3) is 11.0 Å². The van der Waals surface area contributed by atoms with Gasteiger partial charge >= 0.3 is 0 Å². The molecule has 0 bridgehead atoms. The summed E-state index contributed by atoms with van der Waals surface area (Å²) in [5.74, 6) is -0.0489. The quantitative estimate of drug-likeness (QED) is 0.563. The predicted molar refractivity (Wildman–Crippen MR) is 114 cm³/mol. The van der Waals surface area contributed by atoms with Crippen molar-refractivity contribution < 1.29 is 4.79 Å². The van der Waals surface area contributed by atoms with Gasteiger partial charge in [-0.3, -0.25) is 9.69 Å². The van der Waals surface area contributed by atoms with Crippen LogP contribution in [0.1, 0.15) is 16.7 Å². The Kier molecular flexibility index (Phi) is 4.58. The highest BCUT2D eigenvalue weighted by Gasteiger charge is 2.19. The number of carbonyl (C=O) groups is 1. The summed E-state index contributed by atoms with van der Waals surface area (Å²) >= 11 is 0. The van der Waals surface area contributed by atoms with Gasteiger partial charge in [0.1, 0.15) is 6.54 Å². The van der Waals surface area contributed by atoms with Crippen LogP contribution in [0.3, 0.4) is 0 Å². The molecule has 144 valence electrons. The summed E-state index contributed by atoms with van der Waals surface area (Å²) in [6, 6.07) is 24.6. The summed E-state index contributed by atoms with van der Waals surface area (Å²) < 4.78 is 1.87. The van der Waals surface area contributed by atoms with Crippen molar-refractivity contribution in [3.8, 4) is 0 Å². The Morgan fingerprint density at radius 1 is 0.931 bits per heavy atom. The maximum Gasteiger partial charge on any atom is 0.244 e. The molecule has 29 heavy (non-hydrogen) atoms. The van der Waals surface area contributed by atoms with Crippen molar-refractivity contribution in [2.75, 3.05) is 5.32 Å². The van der Waals surface area contributed by atoms with Gasteiger partial charge in [-0.25, -0.2) is 4.98 Å². The molecule has 2 heterocycles. The number of fused-ring (bicyclic) bond motifs is 2. The molecule has 0 aliphatic carbocycles. The minimum absolute atomic E-state index is 0.0489. The van der Waals surface area contributed by atoms with Crippen LogP contribution >= 0.6 is 0 Å². The number of rotatable bonds is 5. The van der Waals surface area contributed by atoms with Crippen LogP contribution in [-0.2, 0) is 31.0 Å². The van der Waals surface area contributed by atoms with Gasteiger partial charge in [0, 0.05) is 25.3 Å². The number of anilines is 1. The molecule has 5 nitrogen and oxygen atoms in total. The van der Waals surface area contributed by atoms with Crippen molar-refractivity contribution in [3.05, 3.63) is 95.8 Å². The standard InChI is InChI=1S/C24H22N4O/c29-24(16-28-17-25-22-8-4-5-9-23(22)28)26-21-11-10-19-14-27(15-20(19)12-21)13-18-6-2-1-3-7-18/h1-12,17H,13-16H2,(H,26,29). The molecule has 0 fully saturated rings. The number of carbonyl (C=O) groups excluding carboxylic acids is 1. The lowest BCUT2D eigenvalue weighted by Gasteiger charge is -2.14. The van der Waals surface area contributed by atoms with Gasteiger partial charge in [-0.05, 0) is 41.0 Å². The third-order valence-electron chi connectivity index (χ3n) is 5.37. The summed E-state index contributed by atoms with van der Waals surface area (Å²) in [7, 11) is 0. The second kappa shape index (κ2) is 7.53.